The number of anilines is 1. The van der Waals surface area contributed by atoms with E-state index >= 15 is 0 Å². The Morgan fingerprint density at radius 1 is 1.42 bits per heavy atom. The fourth-order valence-electron chi connectivity index (χ4n) is 3.16. The van der Waals surface area contributed by atoms with Crippen LogP contribution in [-0.2, 0) is 25.1 Å². The molecule has 136 valence electrons. The average Bonchev–Trinajstić information content (AvgIpc) is 3.19. The van der Waals surface area contributed by atoms with Gasteiger partial charge in [-0.3, -0.25) is 14.3 Å². The number of ether oxygens (including phenoxy) is 1. The third kappa shape index (κ3) is 2.71. The fourth-order valence-corrected chi connectivity index (χ4v) is 4.61. The highest BCUT2D eigenvalue weighted by Gasteiger charge is 2.34. The molecular weight excluding hydrogens is 360 g/mol. The lowest BCUT2D eigenvalue weighted by Gasteiger charge is -2.21. The van der Waals surface area contributed by atoms with Crippen molar-refractivity contribution in [3.8, 4) is 5.69 Å². The molecule has 10 heteroatoms. The van der Waals surface area contributed by atoms with Gasteiger partial charge in [0.05, 0.1) is 24.5 Å². The average molecular weight is 376 g/mol. The highest BCUT2D eigenvalue weighted by atomic mass is 32.2. The summed E-state index contributed by atoms with van der Waals surface area (Å²) < 4.78 is 31.5. The molecule has 0 spiro atoms. The first-order chi connectivity index (χ1) is 12.3. The van der Waals surface area contributed by atoms with Crippen LogP contribution in [0.15, 0.2) is 35.7 Å². The maximum absolute atomic E-state index is 12.4. The Morgan fingerprint density at radius 2 is 2.23 bits per heavy atom. The molecule has 0 saturated carbocycles. The summed E-state index contributed by atoms with van der Waals surface area (Å²) in [6.45, 7) is 1.90. The Labute approximate surface area is 149 Å². The zero-order valence-electron chi connectivity index (χ0n) is 13.9. The van der Waals surface area contributed by atoms with Crippen LogP contribution in [0.25, 0.3) is 5.69 Å². The number of hydrogen-bond acceptors (Lipinski definition) is 6. The molecule has 2 aliphatic rings. The lowest BCUT2D eigenvalue weighted by molar-refractivity contribution is -0.119. The van der Waals surface area contributed by atoms with E-state index in [1.165, 1.54) is 22.6 Å². The SMILES string of the molecule is CC(=O)NC[C@H]1CN(c2ccc3c(c2)CS(=O)(=O)c2nccn2-3)C(=O)O1. The van der Waals surface area contributed by atoms with Crippen molar-refractivity contribution in [2.45, 2.75) is 23.9 Å². The molecule has 1 atom stereocenters. The topological polar surface area (TPSA) is 111 Å². The molecular formula is C16H16N4O5S. The summed E-state index contributed by atoms with van der Waals surface area (Å²) >= 11 is 0. The fraction of sp³-hybridized carbons (Fsp3) is 0.312. The summed E-state index contributed by atoms with van der Waals surface area (Å²) in [5.74, 6) is -0.375. The number of rotatable bonds is 3. The minimum absolute atomic E-state index is 0.0219. The van der Waals surface area contributed by atoms with E-state index in [0.29, 0.717) is 11.3 Å². The van der Waals surface area contributed by atoms with E-state index in [-0.39, 0.29) is 29.9 Å². The Morgan fingerprint density at radius 3 is 3.00 bits per heavy atom. The summed E-state index contributed by atoms with van der Waals surface area (Å²) in [5, 5.41) is 2.64. The zero-order valence-corrected chi connectivity index (χ0v) is 14.7. The van der Waals surface area contributed by atoms with E-state index in [9.17, 15) is 18.0 Å². The van der Waals surface area contributed by atoms with Crippen molar-refractivity contribution in [2.24, 2.45) is 0 Å². The highest BCUT2D eigenvalue weighted by Crippen LogP contribution is 2.32. The number of amides is 2. The number of carbonyl (C=O) groups is 2. The van der Waals surface area contributed by atoms with Crippen LogP contribution >= 0.6 is 0 Å². The van der Waals surface area contributed by atoms with Gasteiger partial charge >= 0.3 is 6.09 Å². The molecule has 2 aliphatic heterocycles. The molecule has 1 aromatic heterocycles. The van der Waals surface area contributed by atoms with Crippen molar-refractivity contribution in [3.05, 3.63) is 36.2 Å². The van der Waals surface area contributed by atoms with E-state index in [1.54, 1.807) is 24.4 Å². The minimum atomic E-state index is -3.53. The van der Waals surface area contributed by atoms with Crippen LogP contribution in [0.5, 0.6) is 0 Å². The van der Waals surface area contributed by atoms with Crippen LogP contribution in [0, 0.1) is 0 Å². The molecule has 0 aliphatic carbocycles. The summed E-state index contributed by atoms with van der Waals surface area (Å²) in [6.07, 6.45) is 2.06. The predicted molar refractivity (Wildman–Crippen MR) is 90.8 cm³/mol. The number of nitrogens with zero attached hydrogens (tertiary/aromatic N) is 3. The first kappa shape index (κ1) is 16.6. The van der Waals surface area contributed by atoms with E-state index in [1.807, 2.05) is 0 Å². The van der Waals surface area contributed by atoms with Gasteiger partial charge in [0.1, 0.15) is 6.10 Å². The van der Waals surface area contributed by atoms with Gasteiger partial charge in [-0.05, 0) is 23.8 Å². The van der Waals surface area contributed by atoms with E-state index in [4.69, 9.17) is 4.74 Å². The number of sulfone groups is 1. The molecule has 0 bridgehead atoms. The van der Waals surface area contributed by atoms with Gasteiger partial charge in [0.2, 0.25) is 20.9 Å². The van der Waals surface area contributed by atoms with Crippen LogP contribution in [0.3, 0.4) is 0 Å². The zero-order chi connectivity index (χ0) is 18.5. The third-order valence-corrected chi connectivity index (χ3v) is 5.87. The van der Waals surface area contributed by atoms with Crippen molar-refractivity contribution in [2.75, 3.05) is 18.0 Å². The summed E-state index contributed by atoms with van der Waals surface area (Å²) in [5.41, 5.74) is 1.86. The van der Waals surface area contributed by atoms with Crippen molar-refractivity contribution >= 4 is 27.5 Å². The van der Waals surface area contributed by atoms with Crippen LogP contribution in [-0.4, -0.2) is 49.2 Å². The van der Waals surface area contributed by atoms with Crippen molar-refractivity contribution in [1.82, 2.24) is 14.9 Å². The number of fused-ring (bicyclic) bond motifs is 3. The first-order valence-electron chi connectivity index (χ1n) is 7.97. The lowest BCUT2D eigenvalue weighted by atomic mass is 10.1. The summed E-state index contributed by atoms with van der Waals surface area (Å²) in [7, 11) is -3.53. The first-order valence-corrected chi connectivity index (χ1v) is 9.62. The minimum Gasteiger partial charge on any atom is -0.442 e. The van der Waals surface area contributed by atoms with Gasteiger partial charge < -0.3 is 10.1 Å². The molecule has 0 radical (unpaired) electrons. The Hall–Kier alpha value is -2.88. The van der Waals surface area contributed by atoms with Gasteiger partial charge in [-0.15, -0.1) is 0 Å². The molecule has 0 unspecified atom stereocenters. The van der Waals surface area contributed by atoms with Crippen LogP contribution in [0.4, 0.5) is 10.5 Å². The second-order valence-corrected chi connectivity index (χ2v) is 8.09. The molecule has 1 saturated heterocycles. The second kappa shape index (κ2) is 5.84. The monoisotopic (exact) mass is 376 g/mol. The number of imidazole rings is 1. The number of hydrogen-bond donors (Lipinski definition) is 1. The maximum Gasteiger partial charge on any atom is 0.414 e. The number of aromatic nitrogens is 2. The molecule has 1 fully saturated rings. The molecule has 2 amide bonds. The number of cyclic esters (lactones) is 1. The molecule has 3 heterocycles. The number of carbonyl (C=O) groups excluding carboxylic acids is 2. The smallest absolute Gasteiger partial charge is 0.414 e. The van der Waals surface area contributed by atoms with Crippen LogP contribution in [0.2, 0.25) is 0 Å². The van der Waals surface area contributed by atoms with Crippen molar-refractivity contribution in [1.29, 1.82) is 0 Å². The molecule has 4 rings (SSSR count). The van der Waals surface area contributed by atoms with Crippen molar-refractivity contribution in [3.63, 3.8) is 0 Å². The molecule has 1 N–H and O–H groups in total. The Balaban J connectivity index is 1.63. The van der Waals surface area contributed by atoms with Gasteiger partial charge in [0.15, 0.2) is 0 Å². The number of benzene rings is 1. The van der Waals surface area contributed by atoms with Gasteiger partial charge in [-0.1, -0.05) is 0 Å². The van der Waals surface area contributed by atoms with Crippen LogP contribution < -0.4 is 10.2 Å². The van der Waals surface area contributed by atoms with E-state index < -0.39 is 22.0 Å². The highest BCUT2D eigenvalue weighted by molar-refractivity contribution is 7.90. The molecule has 26 heavy (non-hydrogen) atoms. The molecule has 2 aromatic rings. The Kier molecular flexibility index (Phi) is 3.72. The Bertz CT molecular complexity index is 1010. The normalized spacial score (nSPS) is 20.3. The van der Waals surface area contributed by atoms with Gasteiger partial charge in [0.25, 0.3) is 0 Å². The summed E-state index contributed by atoms with van der Waals surface area (Å²) in [4.78, 5) is 28.5. The number of nitrogens with one attached hydrogen (secondary N) is 1. The van der Waals surface area contributed by atoms with E-state index in [0.717, 1.165) is 5.69 Å². The molecule has 1 aromatic carbocycles. The quantitative estimate of drug-likeness (QED) is 0.841. The largest absolute Gasteiger partial charge is 0.442 e. The molecule has 9 nitrogen and oxygen atoms in total. The standard InChI is InChI=1S/C16H16N4O5S/c1-10(21)18-7-13-8-20(16(22)25-13)12-2-3-14-11(6-12)9-26(23,24)15-17-4-5-19(14)15/h2-6,13H,7-9H2,1H3,(H,18,21)/t13-/m0/s1. The maximum atomic E-state index is 12.4. The van der Waals surface area contributed by atoms with Gasteiger partial charge in [-0.25, -0.2) is 18.2 Å². The van der Waals surface area contributed by atoms with Gasteiger partial charge in [0, 0.05) is 25.0 Å². The van der Waals surface area contributed by atoms with Gasteiger partial charge in [-0.2, -0.15) is 0 Å². The lowest BCUT2D eigenvalue weighted by Crippen LogP contribution is -2.33. The third-order valence-electron chi connectivity index (χ3n) is 4.32. The van der Waals surface area contributed by atoms with Crippen molar-refractivity contribution < 1.29 is 22.7 Å². The predicted octanol–water partition coefficient (Wildman–Crippen LogP) is 0.621. The summed E-state index contributed by atoms with van der Waals surface area (Å²) in [6, 6.07) is 5.18. The second-order valence-electron chi connectivity index (χ2n) is 6.21. The van der Waals surface area contributed by atoms with Crippen LogP contribution in [0.1, 0.15) is 12.5 Å². The van der Waals surface area contributed by atoms with E-state index in [2.05, 4.69) is 10.3 Å².